The fourth-order valence-electron chi connectivity index (χ4n) is 1.04. The summed E-state index contributed by atoms with van der Waals surface area (Å²) >= 11 is 3.48. The molecule has 0 amide bonds. The number of hydrogen-bond donors (Lipinski definition) is 0. The van der Waals surface area contributed by atoms with E-state index in [0.717, 1.165) is 23.1 Å². The van der Waals surface area contributed by atoms with Gasteiger partial charge in [0.2, 0.25) is 0 Å². The molecule has 0 aliphatic heterocycles. The predicted molar refractivity (Wildman–Crippen MR) is 63.2 cm³/mol. The van der Waals surface area contributed by atoms with Crippen LogP contribution in [0.2, 0.25) is 0 Å². The van der Waals surface area contributed by atoms with Crippen molar-refractivity contribution >= 4 is 15.9 Å². The Hall–Kier alpha value is -0.600. The molecular weight excluding hydrogens is 240 g/mol. The molecule has 0 aliphatic rings. The summed E-state index contributed by atoms with van der Waals surface area (Å²) in [4.78, 5) is 0. The van der Waals surface area contributed by atoms with E-state index in [1.54, 1.807) is 0 Å². The van der Waals surface area contributed by atoms with Gasteiger partial charge in [0.1, 0.15) is 0 Å². The summed E-state index contributed by atoms with van der Waals surface area (Å²) in [6, 6.07) is 8.10. The molecule has 0 aromatic heterocycles. The van der Waals surface area contributed by atoms with E-state index in [1.807, 2.05) is 25.1 Å². The largest absolute Gasteiger partial charge is 0.376 e. The first kappa shape index (κ1) is 11.5. The van der Waals surface area contributed by atoms with Crippen molar-refractivity contribution in [2.75, 3.05) is 6.61 Å². The standard InChI is InChI=1S/C12H15BrO/c1-10(2)7-8-14-9-11-5-3-4-6-12(11)13/h3-6H,1,7-9H2,2H3. The Labute approximate surface area is 93.9 Å². The molecule has 0 unspecified atom stereocenters. The molecule has 1 rings (SSSR count). The van der Waals surface area contributed by atoms with Gasteiger partial charge in [-0.25, -0.2) is 0 Å². The van der Waals surface area contributed by atoms with Gasteiger partial charge in [-0.3, -0.25) is 0 Å². The summed E-state index contributed by atoms with van der Waals surface area (Å²) in [5.41, 5.74) is 2.35. The molecule has 1 aromatic carbocycles. The number of rotatable bonds is 5. The average molecular weight is 255 g/mol. The minimum absolute atomic E-state index is 0.661. The molecule has 76 valence electrons. The molecule has 14 heavy (non-hydrogen) atoms. The van der Waals surface area contributed by atoms with E-state index in [4.69, 9.17) is 4.74 Å². The van der Waals surface area contributed by atoms with Crippen molar-refractivity contribution in [2.24, 2.45) is 0 Å². The molecule has 0 bridgehead atoms. The van der Waals surface area contributed by atoms with Crippen LogP contribution in [-0.4, -0.2) is 6.61 Å². The molecule has 0 saturated carbocycles. The molecule has 0 fully saturated rings. The van der Waals surface area contributed by atoms with Crippen LogP contribution in [0.4, 0.5) is 0 Å². The number of hydrogen-bond acceptors (Lipinski definition) is 1. The highest BCUT2D eigenvalue weighted by atomic mass is 79.9. The summed E-state index contributed by atoms with van der Waals surface area (Å²) in [6.07, 6.45) is 0.935. The van der Waals surface area contributed by atoms with Crippen LogP contribution in [0, 0.1) is 0 Å². The van der Waals surface area contributed by atoms with E-state index in [0.29, 0.717) is 6.61 Å². The highest BCUT2D eigenvalue weighted by molar-refractivity contribution is 9.10. The third-order valence-electron chi connectivity index (χ3n) is 1.89. The lowest BCUT2D eigenvalue weighted by Crippen LogP contribution is -1.96. The molecule has 0 saturated heterocycles. The van der Waals surface area contributed by atoms with Gasteiger partial charge in [0.15, 0.2) is 0 Å². The highest BCUT2D eigenvalue weighted by Gasteiger charge is 1.97. The zero-order valence-corrected chi connectivity index (χ0v) is 10.0. The van der Waals surface area contributed by atoms with Crippen molar-refractivity contribution in [2.45, 2.75) is 20.0 Å². The van der Waals surface area contributed by atoms with E-state index < -0.39 is 0 Å². The first-order valence-corrected chi connectivity index (χ1v) is 5.45. The van der Waals surface area contributed by atoms with Crippen LogP contribution < -0.4 is 0 Å². The molecular formula is C12H15BrO. The van der Waals surface area contributed by atoms with Gasteiger partial charge in [0.05, 0.1) is 13.2 Å². The minimum Gasteiger partial charge on any atom is -0.376 e. The summed E-state index contributed by atoms with van der Waals surface area (Å²) in [5, 5.41) is 0. The van der Waals surface area contributed by atoms with E-state index in [-0.39, 0.29) is 0 Å². The quantitative estimate of drug-likeness (QED) is 0.572. The summed E-state index contributed by atoms with van der Waals surface area (Å²) in [6.45, 7) is 7.25. The third-order valence-corrected chi connectivity index (χ3v) is 2.66. The number of ether oxygens (including phenoxy) is 1. The maximum Gasteiger partial charge on any atom is 0.0727 e. The monoisotopic (exact) mass is 254 g/mol. The van der Waals surface area contributed by atoms with Crippen LogP contribution in [-0.2, 0) is 11.3 Å². The summed E-state index contributed by atoms with van der Waals surface area (Å²) in [7, 11) is 0. The smallest absolute Gasteiger partial charge is 0.0727 e. The second-order valence-electron chi connectivity index (χ2n) is 3.35. The summed E-state index contributed by atoms with van der Waals surface area (Å²) in [5.74, 6) is 0. The van der Waals surface area contributed by atoms with Gasteiger partial charge < -0.3 is 4.74 Å². The van der Waals surface area contributed by atoms with Crippen LogP contribution in [0.1, 0.15) is 18.9 Å². The Morgan fingerprint density at radius 2 is 2.14 bits per heavy atom. The Bertz CT molecular complexity index is 307. The predicted octanol–water partition coefficient (Wildman–Crippen LogP) is 3.93. The topological polar surface area (TPSA) is 9.23 Å². The van der Waals surface area contributed by atoms with Crippen molar-refractivity contribution in [3.05, 3.63) is 46.5 Å². The molecule has 0 atom stereocenters. The second-order valence-corrected chi connectivity index (χ2v) is 4.21. The van der Waals surface area contributed by atoms with Crippen molar-refractivity contribution < 1.29 is 4.74 Å². The van der Waals surface area contributed by atoms with E-state index in [2.05, 4.69) is 28.6 Å². The van der Waals surface area contributed by atoms with Gasteiger partial charge in [0, 0.05) is 4.47 Å². The van der Waals surface area contributed by atoms with Crippen LogP contribution in [0.15, 0.2) is 40.9 Å². The molecule has 0 spiro atoms. The van der Waals surface area contributed by atoms with Gasteiger partial charge in [-0.05, 0) is 25.0 Å². The first-order valence-electron chi connectivity index (χ1n) is 4.65. The van der Waals surface area contributed by atoms with Crippen molar-refractivity contribution in [1.82, 2.24) is 0 Å². The van der Waals surface area contributed by atoms with E-state index in [1.165, 1.54) is 5.56 Å². The van der Waals surface area contributed by atoms with Gasteiger partial charge >= 0.3 is 0 Å². The second kappa shape index (κ2) is 5.99. The lowest BCUT2D eigenvalue weighted by molar-refractivity contribution is 0.123. The van der Waals surface area contributed by atoms with Crippen LogP contribution in [0.5, 0.6) is 0 Å². The average Bonchev–Trinajstić information content (AvgIpc) is 2.15. The van der Waals surface area contributed by atoms with E-state index in [9.17, 15) is 0 Å². The zero-order valence-electron chi connectivity index (χ0n) is 8.42. The maximum absolute atomic E-state index is 5.52. The van der Waals surface area contributed by atoms with Crippen LogP contribution in [0.3, 0.4) is 0 Å². The highest BCUT2D eigenvalue weighted by Crippen LogP contribution is 2.16. The maximum atomic E-state index is 5.52. The van der Waals surface area contributed by atoms with Crippen molar-refractivity contribution in [1.29, 1.82) is 0 Å². The van der Waals surface area contributed by atoms with E-state index >= 15 is 0 Å². The number of benzene rings is 1. The molecule has 1 nitrogen and oxygen atoms in total. The first-order chi connectivity index (χ1) is 6.70. The molecule has 0 heterocycles. The Morgan fingerprint density at radius 1 is 1.43 bits per heavy atom. The Morgan fingerprint density at radius 3 is 2.79 bits per heavy atom. The lowest BCUT2D eigenvalue weighted by atomic mass is 10.2. The normalized spacial score (nSPS) is 10.1. The number of halogens is 1. The molecule has 0 N–H and O–H groups in total. The van der Waals surface area contributed by atoms with Crippen molar-refractivity contribution in [3.63, 3.8) is 0 Å². The Balaban J connectivity index is 2.31. The lowest BCUT2D eigenvalue weighted by Gasteiger charge is -2.05. The van der Waals surface area contributed by atoms with Crippen molar-refractivity contribution in [3.8, 4) is 0 Å². The zero-order chi connectivity index (χ0) is 10.4. The minimum atomic E-state index is 0.661. The van der Waals surface area contributed by atoms with Gasteiger partial charge in [-0.15, -0.1) is 6.58 Å². The van der Waals surface area contributed by atoms with Gasteiger partial charge in [-0.2, -0.15) is 0 Å². The fourth-order valence-corrected chi connectivity index (χ4v) is 1.44. The molecule has 2 heteroatoms. The van der Waals surface area contributed by atoms with Gasteiger partial charge in [0.25, 0.3) is 0 Å². The van der Waals surface area contributed by atoms with Crippen LogP contribution in [0.25, 0.3) is 0 Å². The fraction of sp³-hybridized carbons (Fsp3) is 0.333. The van der Waals surface area contributed by atoms with Gasteiger partial charge in [-0.1, -0.05) is 39.7 Å². The molecule has 1 aromatic rings. The van der Waals surface area contributed by atoms with Crippen LogP contribution >= 0.6 is 15.9 Å². The SMILES string of the molecule is C=C(C)CCOCc1ccccc1Br. The Kier molecular flexibility index (Phi) is 4.91. The molecule has 0 radical (unpaired) electrons. The molecule has 0 aliphatic carbocycles. The summed E-state index contributed by atoms with van der Waals surface area (Å²) < 4.78 is 6.63. The third kappa shape index (κ3) is 4.07.